The number of halogens is 2. The fraction of sp³-hybridized carbons (Fsp3) is 0.444. The summed E-state index contributed by atoms with van der Waals surface area (Å²) in [6, 6.07) is 12.5. The van der Waals surface area contributed by atoms with Gasteiger partial charge < -0.3 is 9.63 Å². The molecule has 0 atom stereocenters. The summed E-state index contributed by atoms with van der Waals surface area (Å²) in [6.07, 6.45) is 3.29. The molecule has 6 nitrogen and oxygen atoms in total. The first-order chi connectivity index (χ1) is 16.7. The Hall–Kier alpha value is -3.13. The fourth-order valence-corrected chi connectivity index (χ4v) is 5.13. The quantitative estimate of drug-likeness (QED) is 0.458. The minimum Gasteiger partial charge on any atom is -0.481 e. The van der Waals surface area contributed by atoms with E-state index in [0.717, 1.165) is 44.3 Å². The van der Waals surface area contributed by atoms with Gasteiger partial charge in [0.25, 0.3) is 11.8 Å². The summed E-state index contributed by atoms with van der Waals surface area (Å²) in [4.78, 5) is 18.2. The smallest absolute Gasteiger partial charge is 0.306 e. The van der Waals surface area contributed by atoms with Crippen molar-refractivity contribution in [1.82, 2.24) is 15.0 Å². The van der Waals surface area contributed by atoms with Crippen LogP contribution in [-0.4, -0.2) is 32.2 Å². The lowest BCUT2D eigenvalue weighted by molar-refractivity contribution is -0.143. The lowest BCUT2D eigenvalue weighted by Crippen LogP contribution is -2.35. The van der Waals surface area contributed by atoms with Crippen LogP contribution < -0.4 is 0 Å². The Morgan fingerprint density at radius 3 is 2.34 bits per heavy atom. The molecule has 2 aliphatic rings. The Balaban J connectivity index is 1.28. The van der Waals surface area contributed by atoms with E-state index in [-0.39, 0.29) is 17.4 Å². The van der Waals surface area contributed by atoms with Crippen molar-refractivity contribution >= 4 is 5.97 Å². The third kappa shape index (κ3) is 4.59. The SMILES string of the molecule is CC(C)C(F)(F)c1ccc(-c2nc(-c3ccc4c(c3)CN(C3CCC(C(=O)O)CC3)C4)no2)cc1. The maximum atomic E-state index is 14.3. The van der Waals surface area contributed by atoms with E-state index < -0.39 is 17.8 Å². The van der Waals surface area contributed by atoms with Crippen molar-refractivity contribution < 1.29 is 23.2 Å². The van der Waals surface area contributed by atoms with Gasteiger partial charge in [-0.2, -0.15) is 4.98 Å². The van der Waals surface area contributed by atoms with E-state index in [9.17, 15) is 18.7 Å². The van der Waals surface area contributed by atoms with Crippen LogP contribution in [0.25, 0.3) is 22.8 Å². The average Bonchev–Trinajstić information content (AvgIpc) is 3.51. The van der Waals surface area contributed by atoms with Gasteiger partial charge in [0.1, 0.15) is 0 Å². The first-order valence-corrected chi connectivity index (χ1v) is 12.1. The molecule has 35 heavy (non-hydrogen) atoms. The summed E-state index contributed by atoms with van der Waals surface area (Å²) < 4.78 is 34.0. The Bertz CT molecular complexity index is 1210. The lowest BCUT2D eigenvalue weighted by atomic mass is 9.85. The topological polar surface area (TPSA) is 79.5 Å². The highest BCUT2D eigenvalue weighted by Gasteiger charge is 2.35. The van der Waals surface area contributed by atoms with E-state index in [2.05, 4.69) is 27.2 Å². The minimum atomic E-state index is -2.90. The van der Waals surface area contributed by atoms with Crippen LogP contribution >= 0.6 is 0 Å². The Labute approximate surface area is 203 Å². The molecule has 8 heteroatoms. The summed E-state index contributed by atoms with van der Waals surface area (Å²) in [6.45, 7) is 4.68. The van der Waals surface area contributed by atoms with Crippen LogP contribution in [0, 0.1) is 11.8 Å². The molecule has 0 saturated heterocycles. The Kier molecular flexibility index (Phi) is 6.17. The van der Waals surface area contributed by atoms with Crippen LogP contribution in [0.1, 0.15) is 56.2 Å². The number of rotatable bonds is 6. The molecule has 2 heterocycles. The second kappa shape index (κ2) is 9.15. The molecule has 0 bridgehead atoms. The zero-order valence-electron chi connectivity index (χ0n) is 19.9. The number of nitrogens with zero attached hydrogens (tertiary/aromatic N) is 3. The number of carboxylic acid groups (broad SMARTS) is 1. The lowest BCUT2D eigenvalue weighted by Gasteiger charge is -2.33. The van der Waals surface area contributed by atoms with Crippen LogP contribution in [0.5, 0.6) is 0 Å². The second-order valence-electron chi connectivity index (χ2n) is 10.0. The van der Waals surface area contributed by atoms with Gasteiger partial charge in [-0.25, -0.2) is 8.78 Å². The number of alkyl halides is 2. The molecule has 1 aromatic heterocycles. The van der Waals surface area contributed by atoms with Gasteiger partial charge in [-0.3, -0.25) is 9.69 Å². The van der Waals surface area contributed by atoms with Crippen molar-refractivity contribution in [2.45, 2.75) is 64.6 Å². The summed E-state index contributed by atoms with van der Waals surface area (Å²) in [5, 5.41) is 13.4. The zero-order chi connectivity index (χ0) is 24.7. The van der Waals surface area contributed by atoms with Crippen molar-refractivity contribution in [2.75, 3.05) is 0 Å². The highest BCUT2D eigenvalue weighted by Crippen LogP contribution is 2.37. The van der Waals surface area contributed by atoms with E-state index in [1.807, 2.05) is 6.07 Å². The predicted molar refractivity (Wildman–Crippen MR) is 127 cm³/mol. The van der Waals surface area contributed by atoms with Crippen molar-refractivity contribution in [3.05, 3.63) is 59.2 Å². The minimum absolute atomic E-state index is 0.0318. The molecule has 184 valence electrons. The van der Waals surface area contributed by atoms with Gasteiger partial charge >= 0.3 is 5.97 Å². The van der Waals surface area contributed by atoms with Crippen LogP contribution in [-0.2, 0) is 23.8 Å². The molecule has 2 aromatic carbocycles. The Morgan fingerprint density at radius 2 is 1.69 bits per heavy atom. The number of aromatic nitrogens is 2. The van der Waals surface area contributed by atoms with Gasteiger partial charge in [0.2, 0.25) is 5.82 Å². The van der Waals surface area contributed by atoms with E-state index in [4.69, 9.17) is 4.52 Å². The summed E-state index contributed by atoms with van der Waals surface area (Å²) in [7, 11) is 0. The van der Waals surface area contributed by atoms with Crippen LogP contribution in [0.2, 0.25) is 0 Å². The van der Waals surface area contributed by atoms with Crippen molar-refractivity contribution in [2.24, 2.45) is 11.8 Å². The van der Waals surface area contributed by atoms with Gasteiger partial charge in [-0.1, -0.05) is 43.3 Å². The molecule has 5 rings (SSSR count). The number of hydrogen-bond donors (Lipinski definition) is 1. The van der Waals surface area contributed by atoms with E-state index in [0.29, 0.717) is 17.4 Å². The standard InChI is InChI=1S/C27H29F2N3O3/c1-16(2)27(28,29)22-9-5-17(6-10-22)25-30-24(31-35-25)19-3-4-20-14-32(15-21(20)13-19)23-11-7-18(8-12-23)26(33)34/h3-6,9-10,13,16,18,23H,7-8,11-12,14-15H2,1-2H3,(H,33,34). The molecular formula is C27H29F2N3O3. The average molecular weight is 482 g/mol. The molecule has 1 saturated carbocycles. The number of fused-ring (bicyclic) bond motifs is 1. The van der Waals surface area contributed by atoms with E-state index >= 15 is 0 Å². The number of carbonyl (C=O) groups is 1. The highest BCUT2D eigenvalue weighted by atomic mass is 19.3. The maximum Gasteiger partial charge on any atom is 0.306 e. The van der Waals surface area contributed by atoms with Crippen LogP contribution in [0.3, 0.4) is 0 Å². The molecule has 0 radical (unpaired) electrons. The Morgan fingerprint density at radius 1 is 1.03 bits per heavy atom. The van der Waals surface area contributed by atoms with Crippen LogP contribution in [0.4, 0.5) is 8.78 Å². The number of aliphatic carboxylic acids is 1. The molecule has 1 N–H and O–H groups in total. The summed E-state index contributed by atoms with van der Waals surface area (Å²) in [5.41, 5.74) is 3.89. The van der Waals surface area contributed by atoms with Crippen molar-refractivity contribution in [1.29, 1.82) is 0 Å². The molecule has 1 fully saturated rings. The largest absolute Gasteiger partial charge is 0.481 e. The number of hydrogen-bond acceptors (Lipinski definition) is 5. The molecule has 0 spiro atoms. The third-order valence-electron chi connectivity index (χ3n) is 7.44. The fourth-order valence-electron chi connectivity index (χ4n) is 5.13. The maximum absolute atomic E-state index is 14.3. The van der Waals surface area contributed by atoms with Crippen molar-refractivity contribution in [3.8, 4) is 22.8 Å². The second-order valence-corrected chi connectivity index (χ2v) is 10.0. The molecular weight excluding hydrogens is 452 g/mol. The van der Waals surface area contributed by atoms with Gasteiger partial charge in [0, 0.05) is 41.7 Å². The van der Waals surface area contributed by atoms with Crippen molar-refractivity contribution in [3.63, 3.8) is 0 Å². The summed E-state index contributed by atoms with van der Waals surface area (Å²) >= 11 is 0. The number of benzene rings is 2. The molecule has 1 aliphatic carbocycles. The summed E-state index contributed by atoms with van der Waals surface area (Å²) in [5.74, 6) is -3.83. The van der Waals surface area contributed by atoms with Gasteiger partial charge in [-0.05, 0) is 55.0 Å². The van der Waals surface area contributed by atoms with E-state index in [1.54, 1.807) is 12.1 Å². The van der Waals surface area contributed by atoms with Gasteiger partial charge in [-0.15, -0.1) is 0 Å². The molecule has 1 aliphatic heterocycles. The molecule has 0 amide bonds. The molecule has 0 unspecified atom stereocenters. The van der Waals surface area contributed by atoms with Crippen LogP contribution in [0.15, 0.2) is 47.0 Å². The number of carboxylic acids is 1. The monoisotopic (exact) mass is 481 g/mol. The zero-order valence-corrected chi connectivity index (χ0v) is 19.9. The predicted octanol–water partition coefficient (Wildman–Crippen LogP) is 6.11. The highest BCUT2D eigenvalue weighted by molar-refractivity contribution is 5.70. The third-order valence-corrected chi connectivity index (χ3v) is 7.44. The first kappa shape index (κ1) is 23.6. The molecule has 3 aromatic rings. The van der Waals surface area contributed by atoms with Gasteiger partial charge in [0.05, 0.1) is 5.92 Å². The van der Waals surface area contributed by atoms with Gasteiger partial charge in [0.15, 0.2) is 0 Å². The van der Waals surface area contributed by atoms with E-state index in [1.165, 1.54) is 37.1 Å². The normalized spacial score (nSPS) is 20.8. The first-order valence-electron chi connectivity index (χ1n) is 12.1.